The van der Waals surface area contributed by atoms with E-state index in [2.05, 4.69) is 11.7 Å². The van der Waals surface area contributed by atoms with E-state index in [-0.39, 0.29) is 23.7 Å². The summed E-state index contributed by atoms with van der Waals surface area (Å²) in [4.78, 5) is 38.1. The summed E-state index contributed by atoms with van der Waals surface area (Å²) in [6.07, 6.45) is 5.74. The second-order valence-electron chi connectivity index (χ2n) is 8.30. The molecule has 0 aromatic heterocycles. The third-order valence-electron chi connectivity index (χ3n) is 6.87. The standard InChI is InChI=1S/C19H27NO6/c1-11-5-6-14-12(2)16(22)20(10-8-15(21)23-4)17-19(14)13(11)7-9-18(3,24-17)25-26-19/h8,10-14,17H,5-7,9H2,1-4H3/b10-8+/t11-,12-,13+,14+,17-,18-,19-/m1/s1. The first-order valence-electron chi connectivity index (χ1n) is 9.45. The van der Waals surface area contributed by atoms with Crippen LogP contribution in [0.4, 0.5) is 0 Å². The zero-order valence-electron chi connectivity index (χ0n) is 15.8. The summed E-state index contributed by atoms with van der Waals surface area (Å²) in [5, 5.41) is 0. The second kappa shape index (κ2) is 6.04. The number of nitrogens with zero attached hydrogens (tertiary/aromatic N) is 1. The van der Waals surface area contributed by atoms with Crippen molar-refractivity contribution in [3.05, 3.63) is 12.3 Å². The SMILES string of the molecule is COC(=O)/C=C/N1C(=O)[C@H](C)[C@@H]2CC[C@@H](C)[C@@H]3CC[C@@]4(C)OO[C@]32[C@H]1O4. The lowest BCUT2D eigenvalue weighted by molar-refractivity contribution is -0.546. The van der Waals surface area contributed by atoms with Gasteiger partial charge < -0.3 is 9.47 Å². The van der Waals surface area contributed by atoms with Crippen LogP contribution in [0.1, 0.15) is 46.5 Å². The van der Waals surface area contributed by atoms with E-state index >= 15 is 0 Å². The van der Waals surface area contributed by atoms with Gasteiger partial charge >= 0.3 is 5.97 Å². The van der Waals surface area contributed by atoms with Crippen molar-refractivity contribution in [2.45, 2.75) is 64.1 Å². The molecule has 0 aromatic rings. The van der Waals surface area contributed by atoms with E-state index in [4.69, 9.17) is 14.5 Å². The summed E-state index contributed by atoms with van der Waals surface area (Å²) in [5.41, 5.74) is -0.707. The van der Waals surface area contributed by atoms with E-state index in [0.29, 0.717) is 12.3 Å². The minimum absolute atomic E-state index is 0.0339. The predicted octanol–water partition coefficient (Wildman–Crippen LogP) is 2.37. The summed E-state index contributed by atoms with van der Waals surface area (Å²) in [5.74, 6) is -0.978. The zero-order chi connectivity index (χ0) is 18.7. The van der Waals surface area contributed by atoms with Gasteiger partial charge in [0.25, 0.3) is 0 Å². The molecule has 1 spiro atoms. The maximum atomic E-state index is 13.1. The maximum Gasteiger partial charge on any atom is 0.331 e. The quantitative estimate of drug-likeness (QED) is 0.425. The summed E-state index contributed by atoms with van der Waals surface area (Å²) >= 11 is 0. The molecule has 0 radical (unpaired) electrons. The Morgan fingerprint density at radius 2 is 2.00 bits per heavy atom. The topological polar surface area (TPSA) is 74.3 Å². The minimum atomic E-state index is -0.893. The Kier molecular flexibility index (Phi) is 4.17. The molecular weight excluding hydrogens is 338 g/mol. The lowest BCUT2D eigenvalue weighted by atomic mass is 9.57. The van der Waals surface area contributed by atoms with Gasteiger partial charge in [0.15, 0.2) is 11.8 Å². The van der Waals surface area contributed by atoms with Gasteiger partial charge in [0.05, 0.1) is 7.11 Å². The Balaban J connectivity index is 1.81. The van der Waals surface area contributed by atoms with Crippen LogP contribution in [-0.4, -0.2) is 41.5 Å². The van der Waals surface area contributed by atoms with E-state index in [9.17, 15) is 9.59 Å². The van der Waals surface area contributed by atoms with Crippen molar-refractivity contribution in [3.8, 4) is 0 Å². The smallest absolute Gasteiger partial charge is 0.331 e. The lowest BCUT2D eigenvalue weighted by Crippen LogP contribution is -2.74. The summed E-state index contributed by atoms with van der Waals surface area (Å²) in [6, 6.07) is 0. The normalized spacial score (nSPS) is 47.6. The molecule has 4 saturated heterocycles. The number of amides is 1. The number of carbonyl (C=O) groups is 2. The fourth-order valence-electron chi connectivity index (χ4n) is 5.46. The highest BCUT2D eigenvalue weighted by Crippen LogP contribution is 2.60. The highest BCUT2D eigenvalue weighted by atomic mass is 17.3. The molecule has 144 valence electrons. The Morgan fingerprint density at radius 1 is 1.23 bits per heavy atom. The number of rotatable bonds is 2. The average molecular weight is 365 g/mol. The van der Waals surface area contributed by atoms with Gasteiger partial charge in [-0.15, -0.1) is 0 Å². The third kappa shape index (κ3) is 2.37. The van der Waals surface area contributed by atoms with Crippen molar-refractivity contribution in [3.63, 3.8) is 0 Å². The van der Waals surface area contributed by atoms with E-state index in [0.717, 1.165) is 19.3 Å². The second-order valence-corrected chi connectivity index (χ2v) is 8.30. The van der Waals surface area contributed by atoms with Gasteiger partial charge in [0.1, 0.15) is 0 Å². The molecular formula is C19H27NO6. The maximum absolute atomic E-state index is 13.1. The summed E-state index contributed by atoms with van der Waals surface area (Å²) in [7, 11) is 1.31. The van der Waals surface area contributed by atoms with Gasteiger partial charge in [-0.05, 0) is 38.0 Å². The van der Waals surface area contributed by atoms with E-state index in [1.54, 1.807) is 0 Å². The van der Waals surface area contributed by atoms with Crippen LogP contribution in [0.2, 0.25) is 0 Å². The molecule has 0 N–H and O–H groups in total. The van der Waals surface area contributed by atoms with Crippen molar-refractivity contribution in [2.75, 3.05) is 7.11 Å². The van der Waals surface area contributed by atoms with Crippen molar-refractivity contribution in [2.24, 2.45) is 23.7 Å². The molecule has 7 nitrogen and oxygen atoms in total. The number of carbonyl (C=O) groups excluding carboxylic acids is 2. The first kappa shape index (κ1) is 17.9. The van der Waals surface area contributed by atoms with Gasteiger partial charge in [0, 0.05) is 30.5 Å². The number of esters is 1. The first-order chi connectivity index (χ1) is 12.3. The number of fused-ring (bicyclic) bond motifs is 2. The van der Waals surface area contributed by atoms with Crippen LogP contribution in [0.25, 0.3) is 0 Å². The van der Waals surface area contributed by atoms with Crippen LogP contribution in [0.5, 0.6) is 0 Å². The fraction of sp³-hybridized carbons (Fsp3) is 0.789. The molecule has 7 heteroatoms. The van der Waals surface area contributed by atoms with E-state index in [1.165, 1.54) is 24.3 Å². The number of hydrogen-bond acceptors (Lipinski definition) is 6. The molecule has 1 saturated carbocycles. The fourth-order valence-corrected chi connectivity index (χ4v) is 5.46. The highest BCUT2D eigenvalue weighted by Gasteiger charge is 2.70. The Labute approximate surface area is 153 Å². The predicted molar refractivity (Wildman–Crippen MR) is 90.0 cm³/mol. The van der Waals surface area contributed by atoms with Gasteiger partial charge in [-0.3, -0.25) is 9.69 Å². The van der Waals surface area contributed by atoms with Crippen molar-refractivity contribution in [1.29, 1.82) is 0 Å². The Hall–Kier alpha value is -1.44. The molecule has 5 rings (SSSR count). The summed E-state index contributed by atoms with van der Waals surface area (Å²) in [6.45, 7) is 6.03. The van der Waals surface area contributed by atoms with E-state index in [1.807, 2.05) is 13.8 Å². The van der Waals surface area contributed by atoms with Crippen LogP contribution in [0.15, 0.2) is 12.3 Å². The molecule has 5 fully saturated rings. The monoisotopic (exact) mass is 365 g/mol. The minimum Gasteiger partial charge on any atom is -0.466 e. The first-order valence-corrected chi connectivity index (χ1v) is 9.45. The molecule has 2 bridgehead atoms. The van der Waals surface area contributed by atoms with Gasteiger partial charge in [-0.1, -0.05) is 13.8 Å². The van der Waals surface area contributed by atoms with Gasteiger partial charge in [0.2, 0.25) is 11.7 Å². The Bertz CT molecular complexity index is 650. The molecule has 1 amide bonds. The van der Waals surface area contributed by atoms with Crippen molar-refractivity contribution in [1.82, 2.24) is 4.90 Å². The van der Waals surface area contributed by atoms with Gasteiger partial charge in [-0.25, -0.2) is 14.6 Å². The molecule has 4 aliphatic heterocycles. The van der Waals surface area contributed by atoms with Crippen molar-refractivity contribution < 1.29 is 28.8 Å². The molecule has 1 aliphatic carbocycles. The molecule has 0 aromatic carbocycles. The number of methoxy groups -OCH3 is 1. The Morgan fingerprint density at radius 3 is 2.73 bits per heavy atom. The number of piperidine rings is 1. The van der Waals surface area contributed by atoms with Crippen molar-refractivity contribution >= 4 is 11.9 Å². The molecule has 7 atom stereocenters. The number of ether oxygens (including phenoxy) is 2. The molecule has 5 aliphatic rings. The molecule has 4 heterocycles. The molecule has 0 unspecified atom stereocenters. The van der Waals surface area contributed by atoms with Gasteiger partial charge in [-0.2, -0.15) is 0 Å². The number of hydrogen-bond donors (Lipinski definition) is 0. The van der Waals surface area contributed by atoms with Crippen LogP contribution in [0.3, 0.4) is 0 Å². The lowest BCUT2D eigenvalue weighted by Gasteiger charge is -2.61. The van der Waals surface area contributed by atoms with E-state index < -0.39 is 23.6 Å². The third-order valence-corrected chi connectivity index (χ3v) is 6.87. The zero-order valence-corrected chi connectivity index (χ0v) is 15.8. The van der Waals surface area contributed by atoms with Crippen LogP contribution in [0, 0.1) is 23.7 Å². The highest BCUT2D eigenvalue weighted by molar-refractivity contribution is 5.85. The number of likely N-dealkylation sites (tertiary alicyclic amines) is 1. The van der Waals surface area contributed by atoms with Crippen LogP contribution < -0.4 is 0 Å². The largest absolute Gasteiger partial charge is 0.466 e. The molecule has 26 heavy (non-hydrogen) atoms. The average Bonchev–Trinajstić information content (AvgIpc) is 2.86. The van der Waals surface area contributed by atoms with Crippen LogP contribution in [-0.2, 0) is 28.8 Å². The van der Waals surface area contributed by atoms with Crippen LogP contribution >= 0.6 is 0 Å². The summed E-state index contributed by atoms with van der Waals surface area (Å²) < 4.78 is 11.0.